The van der Waals surface area contributed by atoms with E-state index in [0.717, 1.165) is 65.6 Å². The average molecular weight is 469 g/mol. The Labute approximate surface area is 195 Å². The summed E-state index contributed by atoms with van der Waals surface area (Å²) >= 11 is 0. The maximum Gasteiger partial charge on any atom is 0.197 e. The first-order chi connectivity index (χ1) is 15.7. The van der Waals surface area contributed by atoms with Crippen LogP contribution < -0.4 is 5.32 Å². The molecule has 1 fully saturated rings. The second kappa shape index (κ2) is 8.31. The van der Waals surface area contributed by atoms with Gasteiger partial charge in [0.05, 0.1) is 17.2 Å². The van der Waals surface area contributed by atoms with Crippen molar-refractivity contribution in [1.82, 2.24) is 15.2 Å². The molecule has 2 aliphatic rings. The molecule has 8 heteroatoms. The summed E-state index contributed by atoms with van der Waals surface area (Å²) in [6, 6.07) is 8.06. The number of anilines is 2. The highest BCUT2D eigenvalue weighted by atomic mass is 32.2. The van der Waals surface area contributed by atoms with Gasteiger partial charge in [0, 0.05) is 34.7 Å². The Bertz CT molecular complexity index is 1250. The lowest BCUT2D eigenvalue weighted by Gasteiger charge is -2.13. The van der Waals surface area contributed by atoms with E-state index in [0.29, 0.717) is 18.3 Å². The predicted octanol–water partition coefficient (Wildman–Crippen LogP) is 5.35. The number of aromatic amines is 1. The molecule has 33 heavy (non-hydrogen) atoms. The molecule has 1 aromatic carbocycles. The Hall–Kier alpha value is -2.61. The van der Waals surface area contributed by atoms with E-state index in [-0.39, 0.29) is 16.9 Å². The number of sulfone groups is 1. The monoisotopic (exact) mass is 468 g/mol. The topological polar surface area (TPSA) is 101 Å². The second-order valence-corrected chi connectivity index (χ2v) is 12.7. The van der Waals surface area contributed by atoms with E-state index in [4.69, 9.17) is 9.40 Å². The summed E-state index contributed by atoms with van der Waals surface area (Å²) in [5.74, 6) is 2.69. The second-order valence-electron chi connectivity index (χ2n) is 10.5. The Morgan fingerprint density at radius 2 is 1.94 bits per heavy atom. The highest BCUT2D eigenvalue weighted by molar-refractivity contribution is 7.90. The third-order valence-corrected chi connectivity index (χ3v) is 8.53. The van der Waals surface area contributed by atoms with Gasteiger partial charge in [0.1, 0.15) is 6.26 Å². The minimum Gasteiger partial charge on any atom is -0.448 e. The molecule has 5 rings (SSSR count). The van der Waals surface area contributed by atoms with E-state index < -0.39 is 9.84 Å². The van der Waals surface area contributed by atoms with Gasteiger partial charge in [0.15, 0.2) is 21.5 Å². The van der Waals surface area contributed by atoms with E-state index in [1.807, 2.05) is 18.2 Å². The summed E-state index contributed by atoms with van der Waals surface area (Å²) in [6.45, 7) is 6.44. The third-order valence-electron chi connectivity index (χ3n) is 6.87. The first-order valence-electron chi connectivity index (χ1n) is 11.8. The predicted molar refractivity (Wildman–Crippen MR) is 129 cm³/mol. The van der Waals surface area contributed by atoms with Crippen molar-refractivity contribution in [2.45, 2.75) is 75.9 Å². The van der Waals surface area contributed by atoms with Crippen molar-refractivity contribution in [3.05, 3.63) is 58.9 Å². The molecule has 3 aromatic rings. The van der Waals surface area contributed by atoms with Gasteiger partial charge in [0.25, 0.3) is 0 Å². The number of fused-ring (bicyclic) bond motifs is 1. The van der Waals surface area contributed by atoms with Crippen LogP contribution in [0.4, 0.5) is 11.5 Å². The van der Waals surface area contributed by atoms with Gasteiger partial charge in [-0.25, -0.2) is 13.4 Å². The highest BCUT2D eigenvalue weighted by Crippen LogP contribution is 2.43. The smallest absolute Gasteiger partial charge is 0.197 e. The molecule has 3 heterocycles. The van der Waals surface area contributed by atoms with Crippen LogP contribution >= 0.6 is 0 Å². The zero-order chi connectivity index (χ0) is 23.2. The number of hydrogen-bond acceptors (Lipinski definition) is 6. The molecule has 0 saturated heterocycles. The molecule has 1 saturated carbocycles. The van der Waals surface area contributed by atoms with Crippen LogP contribution in [0.25, 0.3) is 0 Å². The van der Waals surface area contributed by atoms with Crippen LogP contribution in [0.2, 0.25) is 0 Å². The van der Waals surface area contributed by atoms with Gasteiger partial charge in [-0.3, -0.25) is 5.10 Å². The van der Waals surface area contributed by atoms with Crippen molar-refractivity contribution in [1.29, 1.82) is 0 Å². The Morgan fingerprint density at radius 1 is 1.12 bits per heavy atom. The molecule has 2 N–H and O–H groups in total. The Morgan fingerprint density at radius 3 is 2.73 bits per heavy atom. The van der Waals surface area contributed by atoms with Crippen molar-refractivity contribution < 1.29 is 12.8 Å². The van der Waals surface area contributed by atoms with Crippen LogP contribution in [0, 0.1) is 0 Å². The normalized spacial score (nSPS) is 22.6. The van der Waals surface area contributed by atoms with Gasteiger partial charge in [-0.1, -0.05) is 26.8 Å². The molecule has 0 radical (unpaired) electrons. The van der Waals surface area contributed by atoms with Crippen LogP contribution in [0.5, 0.6) is 0 Å². The molecule has 0 spiro atoms. The summed E-state index contributed by atoms with van der Waals surface area (Å²) in [5.41, 5.74) is 4.99. The third kappa shape index (κ3) is 4.86. The summed E-state index contributed by atoms with van der Waals surface area (Å²) in [7, 11) is -3.03. The number of aromatic nitrogens is 3. The average Bonchev–Trinajstić information content (AvgIpc) is 3.46. The number of benzene rings is 1. The van der Waals surface area contributed by atoms with E-state index in [2.05, 4.69) is 42.4 Å². The molecule has 2 aromatic heterocycles. The largest absolute Gasteiger partial charge is 0.448 e. The Balaban J connectivity index is 1.26. The maximum atomic E-state index is 12.2. The maximum absolute atomic E-state index is 12.2. The van der Waals surface area contributed by atoms with Crippen LogP contribution in [-0.2, 0) is 27.4 Å². The van der Waals surface area contributed by atoms with Crippen molar-refractivity contribution in [2.75, 3.05) is 11.1 Å². The fraction of sp³-hybridized carbons (Fsp3) is 0.520. The fourth-order valence-electron chi connectivity index (χ4n) is 4.94. The molecular weight excluding hydrogens is 436 g/mol. The van der Waals surface area contributed by atoms with Gasteiger partial charge >= 0.3 is 0 Å². The fourth-order valence-corrected chi connectivity index (χ4v) is 6.41. The minimum absolute atomic E-state index is 0.0102. The lowest BCUT2D eigenvalue weighted by atomic mass is 9.93. The Kier molecular flexibility index (Phi) is 5.59. The van der Waals surface area contributed by atoms with Crippen LogP contribution in [0.3, 0.4) is 0 Å². The summed E-state index contributed by atoms with van der Waals surface area (Å²) in [4.78, 5) is 4.76. The van der Waals surface area contributed by atoms with Crippen LogP contribution in [0.15, 0.2) is 34.9 Å². The minimum atomic E-state index is -3.03. The first kappa shape index (κ1) is 22.2. The SMILES string of the molecule is CC(C)(C)c1coc(C2CCC(c3cc(Nc4ccc5c(c4)CS(=O)(=O)CCC5)n[nH]3)C2)n1. The van der Waals surface area contributed by atoms with Crippen molar-refractivity contribution in [3.8, 4) is 0 Å². The van der Waals surface area contributed by atoms with E-state index in [9.17, 15) is 8.42 Å². The quantitative estimate of drug-likeness (QED) is 0.535. The lowest BCUT2D eigenvalue weighted by Crippen LogP contribution is -2.11. The first-order valence-corrected chi connectivity index (χ1v) is 13.6. The number of aryl methyl sites for hydroxylation is 1. The highest BCUT2D eigenvalue weighted by Gasteiger charge is 2.32. The van der Waals surface area contributed by atoms with Gasteiger partial charge < -0.3 is 9.73 Å². The van der Waals surface area contributed by atoms with Crippen molar-refractivity contribution in [2.24, 2.45) is 0 Å². The zero-order valence-corrected chi connectivity index (χ0v) is 20.3. The van der Waals surface area contributed by atoms with Crippen LogP contribution in [0.1, 0.15) is 86.7 Å². The van der Waals surface area contributed by atoms with Crippen molar-refractivity contribution in [3.63, 3.8) is 0 Å². The molecule has 7 nitrogen and oxygen atoms in total. The summed E-state index contributed by atoms with van der Waals surface area (Å²) in [6.07, 6.45) is 6.41. The number of H-pyrrole nitrogens is 1. The van der Waals surface area contributed by atoms with E-state index in [1.165, 1.54) is 0 Å². The molecule has 1 aliphatic carbocycles. The lowest BCUT2D eigenvalue weighted by molar-refractivity contribution is 0.445. The van der Waals surface area contributed by atoms with E-state index >= 15 is 0 Å². The van der Waals surface area contributed by atoms with Crippen LogP contribution in [-0.4, -0.2) is 29.4 Å². The molecule has 0 amide bonds. The molecule has 2 unspecified atom stereocenters. The number of nitrogens with one attached hydrogen (secondary N) is 2. The van der Waals surface area contributed by atoms with Gasteiger partial charge in [-0.05, 0) is 55.4 Å². The standard InChI is InChI=1S/C25H32N4O3S/c1-25(2,3)22-14-32-24(27-22)18-7-6-17(11-18)21-13-23(29-28-21)26-20-9-8-16-5-4-10-33(30,31)15-19(16)12-20/h8-9,12-14,17-18H,4-7,10-11,15H2,1-3H3,(H2,26,28,29). The van der Waals surface area contributed by atoms with Gasteiger partial charge in [-0.15, -0.1) is 0 Å². The van der Waals surface area contributed by atoms with Gasteiger partial charge in [-0.2, -0.15) is 5.10 Å². The molecule has 176 valence electrons. The van der Waals surface area contributed by atoms with Crippen molar-refractivity contribution >= 4 is 21.3 Å². The van der Waals surface area contributed by atoms with E-state index in [1.54, 1.807) is 6.26 Å². The summed E-state index contributed by atoms with van der Waals surface area (Å²) < 4.78 is 30.2. The zero-order valence-electron chi connectivity index (χ0n) is 19.5. The molecule has 0 bridgehead atoms. The molecule has 1 aliphatic heterocycles. The summed E-state index contributed by atoms with van der Waals surface area (Å²) in [5, 5.41) is 11.0. The molecular formula is C25H32N4O3S. The number of oxazole rings is 1. The number of nitrogens with zero attached hydrogens (tertiary/aromatic N) is 2. The van der Waals surface area contributed by atoms with Gasteiger partial charge in [0.2, 0.25) is 0 Å². The molecule has 2 atom stereocenters. The number of rotatable bonds is 4. The number of hydrogen-bond donors (Lipinski definition) is 2.